The van der Waals surface area contributed by atoms with E-state index in [0.717, 1.165) is 5.65 Å². The summed E-state index contributed by atoms with van der Waals surface area (Å²) in [6, 6.07) is 7.29. The Kier molecular flexibility index (Phi) is 2.75. The van der Waals surface area contributed by atoms with Crippen LogP contribution in [0.5, 0.6) is 0 Å². The van der Waals surface area contributed by atoms with E-state index < -0.39 is 0 Å². The second-order valence-electron chi connectivity index (χ2n) is 4.12. The lowest BCUT2D eigenvalue weighted by Gasteiger charge is -2.03. The zero-order valence-electron chi connectivity index (χ0n) is 10.3. The molecular formula is C13H12N4O2. The van der Waals surface area contributed by atoms with Crippen LogP contribution >= 0.6 is 0 Å². The number of hydrogen-bond acceptors (Lipinski definition) is 4. The molecule has 3 heterocycles. The largest absolute Gasteiger partial charge is 0.469 e. The standard InChI is InChI=1S/C13H12N4O2/c1-9-10(5-7-19-9)13(18)14-8-12-16-15-11-4-2-3-6-17(11)12/h2-7H,8H2,1H3,(H,14,18). The third-order valence-electron chi connectivity index (χ3n) is 2.89. The predicted molar refractivity (Wildman–Crippen MR) is 67.6 cm³/mol. The molecule has 0 fully saturated rings. The van der Waals surface area contributed by atoms with Crippen molar-refractivity contribution in [1.82, 2.24) is 19.9 Å². The number of aromatic nitrogens is 3. The maximum atomic E-state index is 11.9. The number of fused-ring (bicyclic) bond motifs is 1. The van der Waals surface area contributed by atoms with Gasteiger partial charge in [-0.1, -0.05) is 6.07 Å². The highest BCUT2D eigenvalue weighted by Gasteiger charge is 2.12. The third kappa shape index (κ3) is 2.08. The first-order valence-corrected chi connectivity index (χ1v) is 5.86. The molecule has 0 aliphatic rings. The molecule has 19 heavy (non-hydrogen) atoms. The molecule has 1 amide bonds. The van der Waals surface area contributed by atoms with Crippen LogP contribution in [0.1, 0.15) is 21.9 Å². The molecule has 0 radical (unpaired) electrons. The van der Waals surface area contributed by atoms with Crippen molar-refractivity contribution in [1.29, 1.82) is 0 Å². The fraction of sp³-hybridized carbons (Fsp3) is 0.154. The van der Waals surface area contributed by atoms with Gasteiger partial charge in [-0.05, 0) is 25.1 Å². The molecule has 0 aliphatic carbocycles. The summed E-state index contributed by atoms with van der Waals surface area (Å²) in [6.45, 7) is 2.07. The summed E-state index contributed by atoms with van der Waals surface area (Å²) in [5, 5.41) is 10.9. The number of furan rings is 1. The number of carbonyl (C=O) groups excluding carboxylic acids is 1. The molecule has 96 valence electrons. The van der Waals surface area contributed by atoms with E-state index in [1.54, 1.807) is 13.0 Å². The maximum Gasteiger partial charge on any atom is 0.255 e. The first-order chi connectivity index (χ1) is 9.25. The van der Waals surface area contributed by atoms with E-state index >= 15 is 0 Å². The van der Waals surface area contributed by atoms with Crippen LogP contribution in [-0.4, -0.2) is 20.5 Å². The Morgan fingerprint density at radius 3 is 3.05 bits per heavy atom. The van der Waals surface area contributed by atoms with Gasteiger partial charge in [-0.25, -0.2) is 0 Å². The molecule has 0 atom stereocenters. The van der Waals surface area contributed by atoms with Gasteiger partial charge in [-0.15, -0.1) is 10.2 Å². The van der Waals surface area contributed by atoms with E-state index in [4.69, 9.17) is 4.42 Å². The average molecular weight is 256 g/mol. The second-order valence-corrected chi connectivity index (χ2v) is 4.12. The summed E-state index contributed by atoms with van der Waals surface area (Å²) in [4.78, 5) is 11.9. The van der Waals surface area contributed by atoms with Crippen molar-refractivity contribution in [3.05, 3.63) is 53.9 Å². The maximum absolute atomic E-state index is 11.9. The molecule has 0 saturated heterocycles. The lowest BCUT2D eigenvalue weighted by atomic mass is 10.2. The van der Waals surface area contributed by atoms with Crippen molar-refractivity contribution in [3.8, 4) is 0 Å². The van der Waals surface area contributed by atoms with Gasteiger partial charge in [0.1, 0.15) is 5.76 Å². The van der Waals surface area contributed by atoms with Crippen LogP contribution in [-0.2, 0) is 6.54 Å². The van der Waals surface area contributed by atoms with Gasteiger partial charge < -0.3 is 9.73 Å². The van der Waals surface area contributed by atoms with Gasteiger partial charge in [0, 0.05) is 6.20 Å². The van der Waals surface area contributed by atoms with Crippen molar-refractivity contribution in [2.45, 2.75) is 13.5 Å². The highest BCUT2D eigenvalue weighted by molar-refractivity contribution is 5.94. The van der Waals surface area contributed by atoms with Crippen LogP contribution in [0.2, 0.25) is 0 Å². The average Bonchev–Trinajstić information content (AvgIpc) is 3.02. The summed E-state index contributed by atoms with van der Waals surface area (Å²) in [7, 11) is 0. The van der Waals surface area contributed by atoms with Crippen molar-refractivity contribution in [3.63, 3.8) is 0 Å². The fourth-order valence-corrected chi connectivity index (χ4v) is 1.89. The zero-order chi connectivity index (χ0) is 13.2. The van der Waals surface area contributed by atoms with Crippen molar-refractivity contribution >= 4 is 11.6 Å². The molecule has 6 nitrogen and oxygen atoms in total. The molecule has 0 aliphatic heterocycles. The van der Waals surface area contributed by atoms with E-state index in [9.17, 15) is 4.79 Å². The van der Waals surface area contributed by atoms with Gasteiger partial charge in [0.2, 0.25) is 0 Å². The number of aryl methyl sites for hydroxylation is 1. The van der Waals surface area contributed by atoms with Crippen molar-refractivity contribution < 1.29 is 9.21 Å². The lowest BCUT2D eigenvalue weighted by Crippen LogP contribution is -2.24. The highest BCUT2D eigenvalue weighted by Crippen LogP contribution is 2.09. The Morgan fingerprint density at radius 1 is 1.37 bits per heavy atom. The summed E-state index contributed by atoms with van der Waals surface area (Å²) < 4.78 is 6.93. The first kappa shape index (κ1) is 11.5. The summed E-state index contributed by atoms with van der Waals surface area (Å²) in [5.74, 6) is 1.10. The fourth-order valence-electron chi connectivity index (χ4n) is 1.89. The third-order valence-corrected chi connectivity index (χ3v) is 2.89. The van der Waals surface area contributed by atoms with E-state index in [1.807, 2.05) is 28.8 Å². The monoisotopic (exact) mass is 256 g/mol. The minimum Gasteiger partial charge on any atom is -0.469 e. The van der Waals surface area contributed by atoms with Crippen molar-refractivity contribution in [2.24, 2.45) is 0 Å². The van der Waals surface area contributed by atoms with Gasteiger partial charge in [-0.3, -0.25) is 9.20 Å². The Balaban J connectivity index is 1.76. The van der Waals surface area contributed by atoms with Crippen LogP contribution in [0, 0.1) is 6.92 Å². The number of rotatable bonds is 3. The SMILES string of the molecule is Cc1occc1C(=O)NCc1nnc2ccccn12. The quantitative estimate of drug-likeness (QED) is 0.771. The minimum absolute atomic E-state index is 0.182. The van der Waals surface area contributed by atoms with Gasteiger partial charge >= 0.3 is 0 Å². The van der Waals surface area contributed by atoms with E-state index in [2.05, 4.69) is 15.5 Å². The molecule has 0 bridgehead atoms. The van der Waals surface area contributed by atoms with E-state index in [0.29, 0.717) is 23.7 Å². The molecule has 6 heteroatoms. The molecule has 0 spiro atoms. The normalized spacial score (nSPS) is 10.8. The van der Waals surface area contributed by atoms with Crippen molar-refractivity contribution in [2.75, 3.05) is 0 Å². The molecule has 3 aromatic heterocycles. The predicted octanol–water partition coefficient (Wildman–Crippen LogP) is 1.56. The number of amides is 1. The second kappa shape index (κ2) is 4.56. The Morgan fingerprint density at radius 2 is 2.26 bits per heavy atom. The summed E-state index contributed by atoms with van der Waals surface area (Å²) in [6.07, 6.45) is 3.36. The van der Waals surface area contributed by atoms with Gasteiger partial charge in [-0.2, -0.15) is 0 Å². The van der Waals surface area contributed by atoms with E-state index in [-0.39, 0.29) is 5.91 Å². The Bertz CT molecular complexity index is 729. The number of pyridine rings is 1. The molecule has 0 unspecified atom stereocenters. The van der Waals surface area contributed by atoms with Crippen LogP contribution in [0.15, 0.2) is 41.1 Å². The van der Waals surface area contributed by atoms with Crippen LogP contribution < -0.4 is 5.32 Å². The van der Waals surface area contributed by atoms with Gasteiger partial charge in [0.15, 0.2) is 11.5 Å². The van der Waals surface area contributed by atoms with Crippen LogP contribution in [0.3, 0.4) is 0 Å². The Labute approximate surface area is 109 Å². The molecule has 0 saturated carbocycles. The lowest BCUT2D eigenvalue weighted by molar-refractivity contribution is 0.0948. The number of nitrogens with zero attached hydrogens (tertiary/aromatic N) is 3. The molecule has 0 aromatic carbocycles. The topological polar surface area (TPSA) is 72.4 Å². The number of carbonyl (C=O) groups is 1. The molecule has 3 rings (SSSR count). The molecule has 1 N–H and O–H groups in total. The summed E-state index contributed by atoms with van der Waals surface area (Å²) in [5.41, 5.74) is 1.29. The Hall–Kier alpha value is -2.63. The molecular weight excluding hydrogens is 244 g/mol. The highest BCUT2D eigenvalue weighted by atomic mass is 16.3. The van der Waals surface area contributed by atoms with Crippen LogP contribution in [0.4, 0.5) is 0 Å². The minimum atomic E-state index is -0.182. The summed E-state index contributed by atoms with van der Waals surface area (Å²) >= 11 is 0. The smallest absolute Gasteiger partial charge is 0.255 e. The van der Waals surface area contributed by atoms with E-state index in [1.165, 1.54) is 6.26 Å². The molecule has 3 aromatic rings. The van der Waals surface area contributed by atoms with Gasteiger partial charge in [0.05, 0.1) is 18.4 Å². The number of nitrogens with one attached hydrogen (secondary N) is 1. The van der Waals surface area contributed by atoms with Gasteiger partial charge in [0.25, 0.3) is 5.91 Å². The first-order valence-electron chi connectivity index (χ1n) is 5.86. The van der Waals surface area contributed by atoms with Crippen LogP contribution in [0.25, 0.3) is 5.65 Å². The number of hydrogen-bond donors (Lipinski definition) is 1. The zero-order valence-corrected chi connectivity index (χ0v) is 10.3.